The third-order valence-corrected chi connectivity index (χ3v) is 2.65. The molecule has 0 fully saturated rings. The lowest BCUT2D eigenvalue weighted by Gasteiger charge is -2.28. The van der Waals surface area contributed by atoms with Gasteiger partial charge in [0.15, 0.2) is 5.71 Å². The number of carbonyl (C=O) groups is 2. The first kappa shape index (κ1) is 14.4. The first-order chi connectivity index (χ1) is 8.47. The molecule has 1 rings (SSSR count). The van der Waals surface area contributed by atoms with E-state index in [2.05, 4.69) is 5.16 Å². The minimum atomic E-state index is -1.17. The molecule has 102 valence electrons. The van der Waals surface area contributed by atoms with Gasteiger partial charge in [-0.1, -0.05) is 5.16 Å². The van der Waals surface area contributed by atoms with Crippen LogP contribution in [0.3, 0.4) is 0 Å². The van der Waals surface area contributed by atoms with Crippen molar-refractivity contribution in [3.8, 4) is 0 Å². The molecule has 1 amide bonds. The fourth-order valence-electron chi connectivity index (χ4n) is 1.69. The number of carbonyl (C=O) groups excluding carboxylic acids is 1. The van der Waals surface area contributed by atoms with Crippen LogP contribution in [0.2, 0.25) is 0 Å². The maximum absolute atomic E-state index is 12.1. The van der Waals surface area contributed by atoms with Crippen molar-refractivity contribution in [1.29, 1.82) is 0 Å². The molecule has 1 aliphatic heterocycles. The van der Waals surface area contributed by atoms with E-state index >= 15 is 0 Å². The zero-order valence-corrected chi connectivity index (χ0v) is 10.5. The lowest BCUT2D eigenvalue weighted by molar-refractivity contribution is -0.144. The maximum Gasteiger partial charge on any atom is 0.353 e. The van der Waals surface area contributed by atoms with Gasteiger partial charge in [-0.25, -0.2) is 4.79 Å². The molecular weight excluding hydrogens is 240 g/mol. The Morgan fingerprint density at radius 2 is 2.22 bits per heavy atom. The van der Waals surface area contributed by atoms with Crippen LogP contribution in [0, 0.1) is 0 Å². The monoisotopic (exact) mass is 258 g/mol. The fraction of sp³-hybridized carbons (Fsp3) is 0.727. The van der Waals surface area contributed by atoms with Gasteiger partial charge in [0.25, 0.3) is 5.91 Å². The molecule has 1 aliphatic rings. The summed E-state index contributed by atoms with van der Waals surface area (Å²) in [6.07, 6.45) is -0.406. The number of oxime groups is 1. The molecule has 1 unspecified atom stereocenters. The predicted molar refractivity (Wildman–Crippen MR) is 63.1 cm³/mol. The molecule has 0 spiro atoms. The van der Waals surface area contributed by atoms with E-state index in [0.29, 0.717) is 13.0 Å². The second-order valence-electron chi connectivity index (χ2n) is 4.34. The molecule has 0 bridgehead atoms. The number of aliphatic hydroxyl groups is 1. The number of carboxylic acids is 1. The quantitative estimate of drug-likeness (QED) is 0.689. The number of amides is 1. The van der Waals surface area contributed by atoms with Gasteiger partial charge in [-0.3, -0.25) is 4.79 Å². The van der Waals surface area contributed by atoms with Crippen LogP contribution >= 0.6 is 0 Å². The Hall–Kier alpha value is -1.63. The summed E-state index contributed by atoms with van der Waals surface area (Å²) in [4.78, 5) is 29.2. The summed E-state index contributed by atoms with van der Waals surface area (Å²) in [6, 6.07) is -0.0403. The Labute approximate surface area is 105 Å². The van der Waals surface area contributed by atoms with Crippen LogP contribution in [-0.4, -0.2) is 58.0 Å². The van der Waals surface area contributed by atoms with Gasteiger partial charge in [-0.2, -0.15) is 0 Å². The molecule has 1 heterocycles. The molecule has 1 atom stereocenters. The number of nitrogens with zero attached hydrogens (tertiary/aromatic N) is 2. The highest BCUT2D eigenvalue weighted by Crippen LogP contribution is 2.15. The van der Waals surface area contributed by atoms with Crippen molar-refractivity contribution < 1.29 is 24.6 Å². The SMILES string of the molecule is CC(C)N(CCCO)C(=O)C1CC(C(=O)O)=NO1. The highest BCUT2D eigenvalue weighted by Gasteiger charge is 2.35. The molecule has 0 aromatic rings. The first-order valence-corrected chi connectivity index (χ1v) is 5.84. The van der Waals surface area contributed by atoms with Crippen LogP contribution in [0.1, 0.15) is 26.7 Å². The van der Waals surface area contributed by atoms with Crippen LogP contribution in [0.4, 0.5) is 0 Å². The number of hydrogen-bond acceptors (Lipinski definition) is 5. The molecule has 0 aromatic carbocycles. The topological polar surface area (TPSA) is 99.4 Å². The normalized spacial score (nSPS) is 18.4. The van der Waals surface area contributed by atoms with Gasteiger partial charge in [0.2, 0.25) is 6.10 Å². The summed E-state index contributed by atoms with van der Waals surface area (Å²) in [5.74, 6) is -1.46. The molecule has 0 radical (unpaired) electrons. The Kier molecular flexibility index (Phi) is 5.08. The summed E-state index contributed by atoms with van der Waals surface area (Å²) >= 11 is 0. The Morgan fingerprint density at radius 1 is 1.56 bits per heavy atom. The first-order valence-electron chi connectivity index (χ1n) is 5.84. The van der Waals surface area contributed by atoms with Gasteiger partial charge in [0.05, 0.1) is 0 Å². The van der Waals surface area contributed by atoms with Crippen molar-refractivity contribution >= 4 is 17.6 Å². The van der Waals surface area contributed by atoms with Crippen molar-refractivity contribution in [2.45, 2.75) is 38.8 Å². The highest BCUT2D eigenvalue weighted by molar-refractivity contribution is 6.36. The van der Waals surface area contributed by atoms with Crippen LogP contribution < -0.4 is 0 Å². The fourth-order valence-corrected chi connectivity index (χ4v) is 1.69. The lowest BCUT2D eigenvalue weighted by atomic mass is 10.1. The van der Waals surface area contributed by atoms with E-state index in [1.165, 1.54) is 0 Å². The van der Waals surface area contributed by atoms with Gasteiger partial charge in [0.1, 0.15) is 0 Å². The van der Waals surface area contributed by atoms with Crippen LogP contribution in [-0.2, 0) is 14.4 Å². The second kappa shape index (κ2) is 6.34. The van der Waals surface area contributed by atoms with E-state index in [1.807, 2.05) is 13.8 Å². The molecule has 7 nitrogen and oxygen atoms in total. The van der Waals surface area contributed by atoms with Crippen molar-refractivity contribution in [2.24, 2.45) is 5.16 Å². The molecule has 18 heavy (non-hydrogen) atoms. The lowest BCUT2D eigenvalue weighted by Crippen LogP contribution is -2.44. The largest absolute Gasteiger partial charge is 0.477 e. The molecular formula is C11H18N2O5. The average Bonchev–Trinajstić information content (AvgIpc) is 2.78. The third-order valence-electron chi connectivity index (χ3n) is 2.65. The van der Waals surface area contributed by atoms with Crippen LogP contribution in [0.25, 0.3) is 0 Å². The smallest absolute Gasteiger partial charge is 0.353 e. The van der Waals surface area contributed by atoms with E-state index < -0.39 is 12.1 Å². The number of rotatable bonds is 6. The summed E-state index contributed by atoms with van der Waals surface area (Å²) < 4.78 is 0. The highest BCUT2D eigenvalue weighted by atomic mass is 16.6. The Balaban J connectivity index is 2.60. The summed E-state index contributed by atoms with van der Waals surface area (Å²) in [5, 5.41) is 20.9. The predicted octanol–water partition coefficient (Wildman–Crippen LogP) is -0.165. The Bertz CT molecular complexity index is 353. The zero-order chi connectivity index (χ0) is 13.7. The van der Waals surface area contributed by atoms with Crippen molar-refractivity contribution in [3.05, 3.63) is 0 Å². The number of aliphatic carboxylic acids is 1. The van der Waals surface area contributed by atoms with Gasteiger partial charge < -0.3 is 20.0 Å². The number of hydrogen-bond donors (Lipinski definition) is 2. The minimum Gasteiger partial charge on any atom is -0.477 e. The molecule has 0 saturated carbocycles. The van der Waals surface area contributed by atoms with E-state index in [1.54, 1.807) is 4.90 Å². The summed E-state index contributed by atoms with van der Waals surface area (Å²) in [6.45, 7) is 4.11. The van der Waals surface area contributed by atoms with Crippen molar-refractivity contribution in [1.82, 2.24) is 4.90 Å². The summed E-state index contributed by atoms with van der Waals surface area (Å²) in [5.41, 5.74) is -0.140. The zero-order valence-electron chi connectivity index (χ0n) is 10.5. The maximum atomic E-state index is 12.1. The second-order valence-corrected chi connectivity index (χ2v) is 4.34. The number of aliphatic hydroxyl groups excluding tert-OH is 1. The third kappa shape index (κ3) is 3.43. The van der Waals surface area contributed by atoms with Crippen molar-refractivity contribution in [3.63, 3.8) is 0 Å². The van der Waals surface area contributed by atoms with Crippen molar-refractivity contribution in [2.75, 3.05) is 13.2 Å². The van der Waals surface area contributed by atoms with Gasteiger partial charge >= 0.3 is 5.97 Å². The van der Waals surface area contributed by atoms with Gasteiger partial charge in [-0.05, 0) is 20.3 Å². The standard InChI is InChI=1S/C11H18N2O5/c1-7(2)13(4-3-5-14)10(15)9-6-8(11(16)17)12-18-9/h7,9,14H,3-6H2,1-2H3,(H,16,17). The average molecular weight is 258 g/mol. The summed E-state index contributed by atoms with van der Waals surface area (Å²) in [7, 11) is 0. The van der Waals surface area contributed by atoms with Crippen LogP contribution in [0.15, 0.2) is 5.16 Å². The van der Waals surface area contributed by atoms with Gasteiger partial charge in [0, 0.05) is 25.6 Å². The molecule has 0 saturated heterocycles. The number of carboxylic acid groups (broad SMARTS) is 1. The van der Waals surface area contributed by atoms with E-state index in [-0.39, 0.29) is 30.7 Å². The molecule has 7 heteroatoms. The molecule has 0 aliphatic carbocycles. The minimum absolute atomic E-state index is 0.00109. The Morgan fingerprint density at radius 3 is 2.67 bits per heavy atom. The van der Waals surface area contributed by atoms with Gasteiger partial charge in [-0.15, -0.1) is 0 Å². The van der Waals surface area contributed by atoms with Crippen LogP contribution in [0.5, 0.6) is 0 Å². The van der Waals surface area contributed by atoms with E-state index in [9.17, 15) is 9.59 Å². The van der Waals surface area contributed by atoms with E-state index in [4.69, 9.17) is 15.1 Å². The molecule has 0 aromatic heterocycles. The van der Waals surface area contributed by atoms with E-state index in [0.717, 1.165) is 0 Å². The molecule has 2 N–H and O–H groups in total.